The Balaban J connectivity index is 4.24. The van der Waals surface area contributed by atoms with Crippen LogP contribution in [-0.4, -0.2) is 35.6 Å². The van der Waals surface area contributed by atoms with Gasteiger partial charge < -0.3 is 9.84 Å². The normalized spacial score (nSPS) is 15.3. The van der Waals surface area contributed by atoms with Crippen molar-refractivity contribution in [2.75, 3.05) is 0 Å². The molecule has 0 aromatic heterocycles. The van der Waals surface area contributed by atoms with Gasteiger partial charge in [-0.05, 0) is 19.3 Å². The molecule has 2 atom stereocenters. The number of aliphatic hydroxyl groups is 1. The van der Waals surface area contributed by atoms with E-state index < -0.39 is 27.6 Å². The lowest BCUT2D eigenvalue weighted by Crippen LogP contribution is -2.33. The van der Waals surface area contributed by atoms with Gasteiger partial charge in [-0.25, -0.2) is 4.79 Å². The van der Waals surface area contributed by atoms with Crippen LogP contribution in [0.2, 0.25) is 0 Å². The van der Waals surface area contributed by atoms with Crippen LogP contribution in [0.5, 0.6) is 0 Å². The van der Waals surface area contributed by atoms with Crippen LogP contribution in [0.3, 0.4) is 0 Å². The molecule has 17 heavy (non-hydrogen) atoms. The zero-order valence-corrected chi connectivity index (χ0v) is 10.9. The molecule has 0 saturated heterocycles. The zero-order chi connectivity index (χ0) is 13.5. The third-order valence-electron chi connectivity index (χ3n) is 2.35. The van der Waals surface area contributed by atoms with E-state index in [4.69, 9.17) is 14.4 Å². The van der Waals surface area contributed by atoms with Crippen LogP contribution in [0, 0.1) is 0 Å². The molecule has 0 amide bonds. The Morgan fingerprint density at radius 2 is 1.88 bits per heavy atom. The molecule has 0 aliphatic heterocycles. The lowest BCUT2D eigenvalue weighted by atomic mass is 10.1. The van der Waals surface area contributed by atoms with E-state index in [-0.39, 0.29) is 0 Å². The summed E-state index contributed by atoms with van der Waals surface area (Å²) >= 11 is 0. The van der Waals surface area contributed by atoms with Gasteiger partial charge in [-0.2, -0.15) is 8.42 Å². The maximum Gasteiger partial charge on any atom is 0.353 e. The highest BCUT2D eigenvalue weighted by Crippen LogP contribution is 2.12. The van der Waals surface area contributed by atoms with Crippen molar-refractivity contribution in [3.8, 4) is 0 Å². The van der Waals surface area contributed by atoms with Crippen LogP contribution in [0.4, 0.5) is 0 Å². The van der Waals surface area contributed by atoms with Gasteiger partial charge in [-0.3, -0.25) is 4.55 Å². The van der Waals surface area contributed by atoms with Crippen molar-refractivity contribution in [2.24, 2.45) is 0 Å². The Morgan fingerprint density at radius 3 is 2.29 bits per heavy atom. The second-order valence-electron chi connectivity index (χ2n) is 3.83. The number of aliphatic hydroxyl groups excluding tert-OH is 1. The molecule has 0 rings (SSSR count). The lowest BCUT2D eigenvalue weighted by Gasteiger charge is -2.17. The Kier molecular flexibility index (Phi) is 7.33. The molecule has 0 saturated carbocycles. The number of ether oxygens (including phenoxy) is 1. The fraction of sp³-hybridized carbons (Fsp3) is 0.900. The average Bonchev–Trinajstić information content (AvgIpc) is 2.25. The third-order valence-corrected chi connectivity index (χ3v) is 3.11. The summed E-state index contributed by atoms with van der Waals surface area (Å²) in [6, 6.07) is 0. The Morgan fingerprint density at radius 1 is 1.29 bits per heavy atom. The molecule has 0 spiro atoms. The van der Waals surface area contributed by atoms with Crippen molar-refractivity contribution >= 4 is 16.1 Å². The van der Waals surface area contributed by atoms with Crippen molar-refractivity contribution in [1.29, 1.82) is 0 Å². The van der Waals surface area contributed by atoms with Crippen LogP contribution in [0.15, 0.2) is 0 Å². The van der Waals surface area contributed by atoms with Crippen LogP contribution >= 0.6 is 0 Å². The van der Waals surface area contributed by atoms with Gasteiger partial charge in [-0.1, -0.05) is 26.7 Å². The van der Waals surface area contributed by atoms with E-state index in [1.54, 1.807) is 6.92 Å². The minimum absolute atomic E-state index is 0.426. The highest BCUT2D eigenvalue weighted by atomic mass is 32.2. The van der Waals surface area contributed by atoms with Gasteiger partial charge in [0.05, 0.1) is 0 Å². The summed E-state index contributed by atoms with van der Waals surface area (Å²) in [6.45, 7) is 3.83. The predicted octanol–water partition coefficient (Wildman–Crippen LogP) is 1.09. The molecule has 0 aromatic carbocycles. The minimum Gasteiger partial charge on any atom is -0.460 e. The molecule has 6 nitrogen and oxygen atoms in total. The minimum atomic E-state index is -4.80. The highest BCUT2D eigenvalue weighted by Gasteiger charge is 2.31. The van der Waals surface area contributed by atoms with E-state index >= 15 is 0 Å². The smallest absolute Gasteiger partial charge is 0.353 e. The average molecular weight is 268 g/mol. The van der Waals surface area contributed by atoms with Gasteiger partial charge in [0.15, 0.2) is 0 Å². The van der Waals surface area contributed by atoms with Crippen molar-refractivity contribution < 1.29 is 27.6 Å². The van der Waals surface area contributed by atoms with Gasteiger partial charge in [0, 0.05) is 0 Å². The van der Waals surface area contributed by atoms with Gasteiger partial charge >= 0.3 is 16.1 Å². The largest absolute Gasteiger partial charge is 0.460 e. The Hall–Kier alpha value is -0.660. The van der Waals surface area contributed by atoms with E-state index in [9.17, 15) is 13.2 Å². The first-order chi connectivity index (χ1) is 7.82. The monoisotopic (exact) mass is 268 g/mol. The van der Waals surface area contributed by atoms with Crippen molar-refractivity contribution in [3.63, 3.8) is 0 Å². The van der Waals surface area contributed by atoms with E-state index in [0.717, 1.165) is 19.3 Å². The number of esters is 1. The SMILES string of the molecule is CCCCCC(CC)OC(=O)C(O)S(=O)(=O)O. The Bertz CT molecular complexity index is 324. The summed E-state index contributed by atoms with van der Waals surface area (Å²) in [5.74, 6) is -1.32. The highest BCUT2D eigenvalue weighted by molar-refractivity contribution is 7.87. The number of hydrogen-bond donors (Lipinski definition) is 2. The maximum absolute atomic E-state index is 11.2. The number of rotatable bonds is 8. The summed E-state index contributed by atoms with van der Waals surface area (Å²) in [5.41, 5.74) is -2.51. The van der Waals surface area contributed by atoms with E-state index in [1.165, 1.54) is 0 Å². The zero-order valence-electron chi connectivity index (χ0n) is 10.1. The topological polar surface area (TPSA) is 101 Å². The first-order valence-electron chi connectivity index (χ1n) is 5.67. The van der Waals surface area contributed by atoms with Crippen molar-refractivity contribution in [1.82, 2.24) is 0 Å². The van der Waals surface area contributed by atoms with Crippen molar-refractivity contribution in [3.05, 3.63) is 0 Å². The van der Waals surface area contributed by atoms with Crippen LogP contribution in [0.1, 0.15) is 46.0 Å². The number of hydrogen-bond acceptors (Lipinski definition) is 5. The second-order valence-corrected chi connectivity index (χ2v) is 5.31. The number of unbranched alkanes of at least 4 members (excludes halogenated alkanes) is 2. The lowest BCUT2D eigenvalue weighted by molar-refractivity contribution is -0.155. The van der Waals surface area contributed by atoms with Crippen LogP contribution in [0.25, 0.3) is 0 Å². The molecule has 0 fully saturated rings. The van der Waals surface area contributed by atoms with Crippen LogP contribution < -0.4 is 0 Å². The van der Waals surface area contributed by atoms with E-state index in [1.807, 2.05) is 6.92 Å². The first-order valence-corrected chi connectivity index (χ1v) is 7.18. The molecule has 0 heterocycles. The van der Waals surface area contributed by atoms with E-state index in [2.05, 4.69) is 0 Å². The summed E-state index contributed by atoms with van der Waals surface area (Å²) in [6.07, 6.45) is 3.62. The summed E-state index contributed by atoms with van der Waals surface area (Å²) in [7, 11) is -4.80. The fourth-order valence-electron chi connectivity index (χ4n) is 1.31. The molecule has 2 N–H and O–H groups in total. The van der Waals surface area contributed by atoms with Gasteiger partial charge in [0.2, 0.25) is 0 Å². The molecule has 7 heteroatoms. The second kappa shape index (κ2) is 7.62. The molecule has 0 aliphatic carbocycles. The molecule has 0 radical (unpaired) electrons. The summed E-state index contributed by atoms with van der Waals surface area (Å²) in [5, 5.41) is 8.96. The third kappa shape index (κ3) is 6.60. The number of carbonyl (C=O) groups excluding carboxylic acids is 1. The quantitative estimate of drug-likeness (QED) is 0.388. The molecule has 0 bridgehead atoms. The van der Waals surface area contributed by atoms with Gasteiger partial charge in [-0.15, -0.1) is 0 Å². The van der Waals surface area contributed by atoms with Gasteiger partial charge in [0.1, 0.15) is 6.10 Å². The Labute approximate surface area is 102 Å². The molecule has 0 aromatic rings. The molecule has 2 unspecified atom stereocenters. The standard InChI is InChI=1S/C10H20O6S/c1-3-5-6-7-8(4-2)16-9(11)10(12)17(13,14)15/h8,10,12H,3-7H2,1-2H3,(H,13,14,15). The summed E-state index contributed by atoms with van der Waals surface area (Å²) in [4.78, 5) is 11.2. The predicted molar refractivity (Wildman–Crippen MR) is 61.9 cm³/mol. The fourth-order valence-corrected chi connectivity index (χ4v) is 1.61. The first kappa shape index (κ1) is 16.3. The molecule has 0 aliphatic rings. The summed E-state index contributed by atoms with van der Waals surface area (Å²) < 4.78 is 34.3. The molecule has 102 valence electrons. The maximum atomic E-state index is 11.2. The van der Waals surface area contributed by atoms with Crippen molar-refractivity contribution in [2.45, 2.75) is 57.5 Å². The molecular formula is C10H20O6S. The van der Waals surface area contributed by atoms with E-state index in [0.29, 0.717) is 12.8 Å². The molecular weight excluding hydrogens is 248 g/mol. The van der Waals surface area contributed by atoms with Gasteiger partial charge in [0.25, 0.3) is 5.44 Å². The number of carbonyl (C=O) groups is 1. The van der Waals surface area contributed by atoms with Crippen LogP contribution in [-0.2, 0) is 19.6 Å².